The number of nitrogens with zero attached hydrogens (tertiary/aromatic N) is 3. The van der Waals surface area contributed by atoms with Crippen LogP contribution < -0.4 is 0 Å². The van der Waals surface area contributed by atoms with Crippen molar-refractivity contribution >= 4 is 11.6 Å². The Balaban J connectivity index is 1.57. The average Bonchev–Trinajstić information content (AvgIpc) is 3.08. The summed E-state index contributed by atoms with van der Waals surface area (Å²) in [6.07, 6.45) is 5.04. The lowest BCUT2D eigenvalue weighted by Crippen LogP contribution is -2.25. The molecule has 1 saturated heterocycles. The molecule has 3 nitrogen and oxygen atoms in total. The maximum atomic E-state index is 6.28. The minimum atomic E-state index is 0.575. The van der Waals surface area contributed by atoms with E-state index in [2.05, 4.69) is 22.1 Å². The van der Waals surface area contributed by atoms with Crippen LogP contribution >= 0.6 is 11.6 Å². The topological polar surface area (TPSA) is 21.1 Å². The predicted molar refractivity (Wildman–Crippen MR) is 77.5 cm³/mol. The molecule has 1 aliphatic heterocycles. The van der Waals surface area contributed by atoms with Crippen molar-refractivity contribution < 1.29 is 0 Å². The van der Waals surface area contributed by atoms with Gasteiger partial charge in [0, 0.05) is 30.5 Å². The fraction of sp³-hybridized carbons (Fsp3) is 0.400. The average molecular weight is 276 g/mol. The summed E-state index contributed by atoms with van der Waals surface area (Å²) in [5, 5.41) is 5.14. The molecule has 1 atom stereocenters. The molecule has 0 bridgehead atoms. The van der Waals surface area contributed by atoms with Gasteiger partial charge in [-0.3, -0.25) is 4.68 Å². The van der Waals surface area contributed by atoms with E-state index < -0.39 is 0 Å². The third-order valence-electron chi connectivity index (χ3n) is 3.82. The van der Waals surface area contributed by atoms with Crippen LogP contribution in [0.4, 0.5) is 0 Å². The Kier molecular flexibility index (Phi) is 3.85. The van der Waals surface area contributed by atoms with Gasteiger partial charge in [0.15, 0.2) is 0 Å². The minimum absolute atomic E-state index is 0.575. The summed E-state index contributed by atoms with van der Waals surface area (Å²) in [7, 11) is 0. The molecule has 0 saturated carbocycles. The molecule has 2 heterocycles. The van der Waals surface area contributed by atoms with Crippen LogP contribution in [-0.4, -0.2) is 34.3 Å². The monoisotopic (exact) mass is 275 g/mol. The number of hydrogen-bond donors (Lipinski definition) is 0. The molecule has 0 unspecified atom stereocenters. The van der Waals surface area contributed by atoms with Crippen LogP contribution in [0.25, 0.3) is 0 Å². The van der Waals surface area contributed by atoms with E-state index in [4.69, 9.17) is 11.6 Å². The largest absolute Gasteiger partial charge is 0.301 e. The molecule has 1 aromatic carbocycles. The van der Waals surface area contributed by atoms with Gasteiger partial charge in [-0.25, -0.2) is 0 Å². The molecule has 19 heavy (non-hydrogen) atoms. The molecular weight excluding hydrogens is 258 g/mol. The normalized spacial score (nSPS) is 19.9. The smallest absolute Gasteiger partial charge is 0.0536 e. The first-order valence-electron chi connectivity index (χ1n) is 6.77. The molecule has 0 amide bonds. The van der Waals surface area contributed by atoms with E-state index >= 15 is 0 Å². The third kappa shape index (κ3) is 2.99. The first kappa shape index (κ1) is 12.7. The van der Waals surface area contributed by atoms with Crippen molar-refractivity contribution in [2.24, 2.45) is 0 Å². The first-order chi connectivity index (χ1) is 9.33. The summed E-state index contributed by atoms with van der Waals surface area (Å²) in [4.78, 5) is 2.50. The Bertz CT molecular complexity index is 524. The van der Waals surface area contributed by atoms with Gasteiger partial charge in [-0.05, 0) is 36.6 Å². The molecule has 100 valence electrons. The van der Waals surface area contributed by atoms with Crippen LogP contribution in [0.3, 0.4) is 0 Å². The maximum absolute atomic E-state index is 6.28. The Hall–Kier alpha value is -1.32. The molecule has 0 spiro atoms. The number of benzene rings is 1. The van der Waals surface area contributed by atoms with Crippen molar-refractivity contribution in [2.45, 2.75) is 18.9 Å². The number of likely N-dealkylation sites (tertiary alicyclic amines) is 1. The van der Waals surface area contributed by atoms with E-state index in [1.54, 1.807) is 0 Å². The minimum Gasteiger partial charge on any atom is -0.301 e. The molecule has 1 aromatic heterocycles. The Morgan fingerprint density at radius 3 is 2.89 bits per heavy atom. The lowest BCUT2D eigenvalue weighted by molar-refractivity contribution is 0.312. The standard InChI is InChI=1S/C15H18ClN3/c16-15-5-2-1-4-14(15)13-6-9-18(12-13)10-11-19-8-3-7-17-19/h1-5,7-8,13H,6,9-12H2/t13-/m1/s1. The number of hydrogen-bond acceptors (Lipinski definition) is 2. The zero-order valence-corrected chi connectivity index (χ0v) is 11.6. The third-order valence-corrected chi connectivity index (χ3v) is 4.17. The van der Waals surface area contributed by atoms with Gasteiger partial charge in [0.1, 0.15) is 0 Å². The summed E-state index contributed by atoms with van der Waals surface area (Å²) < 4.78 is 1.99. The van der Waals surface area contributed by atoms with Crippen molar-refractivity contribution in [3.8, 4) is 0 Å². The van der Waals surface area contributed by atoms with Crippen LogP contribution in [0, 0.1) is 0 Å². The second kappa shape index (κ2) is 5.76. The van der Waals surface area contributed by atoms with E-state index in [-0.39, 0.29) is 0 Å². The van der Waals surface area contributed by atoms with Gasteiger partial charge in [-0.1, -0.05) is 29.8 Å². The van der Waals surface area contributed by atoms with Crippen molar-refractivity contribution in [1.82, 2.24) is 14.7 Å². The van der Waals surface area contributed by atoms with Gasteiger partial charge in [-0.2, -0.15) is 5.10 Å². The van der Waals surface area contributed by atoms with Gasteiger partial charge in [0.05, 0.1) is 6.54 Å². The predicted octanol–water partition coefficient (Wildman–Crippen LogP) is 3.03. The molecule has 4 heteroatoms. The van der Waals surface area contributed by atoms with E-state index in [1.807, 2.05) is 35.3 Å². The Morgan fingerprint density at radius 2 is 2.11 bits per heavy atom. The van der Waals surface area contributed by atoms with Gasteiger partial charge < -0.3 is 4.90 Å². The highest BCUT2D eigenvalue weighted by atomic mass is 35.5. The Labute approximate surface area is 118 Å². The van der Waals surface area contributed by atoms with E-state index in [1.165, 1.54) is 12.0 Å². The van der Waals surface area contributed by atoms with Gasteiger partial charge in [0.25, 0.3) is 0 Å². The summed E-state index contributed by atoms with van der Waals surface area (Å²) in [5.74, 6) is 0.575. The van der Waals surface area contributed by atoms with E-state index in [0.717, 1.165) is 31.2 Å². The highest BCUT2D eigenvalue weighted by Gasteiger charge is 2.24. The molecule has 2 aromatic rings. The first-order valence-corrected chi connectivity index (χ1v) is 7.15. The fourth-order valence-electron chi connectivity index (χ4n) is 2.77. The second-order valence-electron chi connectivity index (χ2n) is 5.08. The quantitative estimate of drug-likeness (QED) is 0.855. The summed E-state index contributed by atoms with van der Waals surface area (Å²) in [6, 6.07) is 10.2. The summed E-state index contributed by atoms with van der Waals surface area (Å²) in [6.45, 7) is 4.27. The maximum Gasteiger partial charge on any atom is 0.0536 e. The molecular formula is C15H18ClN3. The zero-order valence-electron chi connectivity index (χ0n) is 10.9. The van der Waals surface area contributed by atoms with E-state index in [0.29, 0.717) is 5.92 Å². The highest BCUT2D eigenvalue weighted by molar-refractivity contribution is 6.31. The van der Waals surface area contributed by atoms with Crippen LogP contribution in [0.1, 0.15) is 17.9 Å². The SMILES string of the molecule is Clc1ccccc1[C@@H]1CCN(CCn2cccn2)C1. The molecule has 3 rings (SSSR count). The molecule has 0 aliphatic carbocycles. The molecule has 1 aliphatic rings. The lowest BCUT2D eigenvalue weighted by atomic mass is 9.98. The zero-order chi connectivity index (χ0) is 13.1. The van der Waals surface area contributed by atoms with E-state index in [9.17, 15) is 0 Å². The lowest BCUT2D eigenvalue weighted by Gasteiger charge is -2.16. The number of halogens is 1. The Morgan fingerprint density at radius 1 is 1.21 bits per heavy atom. The summed E-state index contributed by atoms with van der Waals surface area (Å²) in [5.41, 5.74) is 1.30. The molecule has 0 N–H and O–H groups in total. The second-order valence-corrected chi connectivity index (χ2v) is 5.48. The van der Waals surface area contributed by atoms with Crippen LogP contribution in [0.5, 0.6) is 0 Å². The molecule has 0 radical (unpaired) electrons. The van der Waals surface area contributed by atoms with Gasteiger partial charge >= 0.3 is 0 Å². The number of rotatable bonds is 4. The fourth-order valence-corrected chi connectivity index (χ4v) is 3.06. The van der Waals surface area contributed by atoms with Crippen molar-refractivity contribution in [2.75, 3.05) is 19.6 Å². The number of aromatic nitrogens is 2. The van der Waals surface area contributed by atoms with Crippen molar-refractivity contribution in [3.63, 3.8) is 0 Å². The van der Waals surface area contributed by atoms with Crippen LogP contribution in [-0.2, 0) is 6.54 Å². The van der Waals surface area contributed by atoms with Gasteiger partial charge in [0.2, 0.25) is 0 Å². The van der Waals surface area contributed by atoms with Crippen LogP contribution in [0.15, 0.2) is 42.7 Å². The molecule has 1 fully saturated rings. The van der Waals surface area contributed by atoms with Crippen molar-refractivity contribution in [3.05, 3.63) is 53.3 Å². The van der Waals surface area contributed by atoms with Gasteiger partial charge in [-0.15, -0.1) is 0 Å². The van der Waals surface area contributed by atoms with Crippen LogP contribution in [0.2, 0.25) is 5.02 Å². The van der Waals surface area contributed by atoms with Crippen molar-refractivity contribution in [1.29, 1.82) is 0 Å². The highest BCUT2D eigenvalue weighted by Crippen LogP contribution is 2.31. The summed E-state index contributed by atoms with van der Waals surface area (Å²) >= 11 is 6.28.